The van der Waals surface area contributed by atoms with Crippen molar-refractivity contribution in [2.45, 2.75) is 38.2 Å². The van der Waals surface area contributed by atoms with Gasteiger partial charge < -0.3 is 4.74 Å². The summed E-state index contributed by atoms with van der Waals surface area (Å²) in [6.45, 7) is 1.78. The van der Waals surface area contributed by atoms with Gasteiger partial charge in [-0.1, -0.05) is 0 Å². The Morgan fingerprint density at radius 2 is 2.38 bits per heavy atom. The highest BCUT2D eigenvalue weighted by atomic mass is 16.5. The largest absolute Gasteiger partial charge is 0.378 e. The molecule has 1 saturated carbocycles. The van der Waals surface area contributed by atoms with Crippen LogP contribution >= 0.6 is 0 Å². The lowest BCUT2D eigenvalue weighted by Crippen LogP contribution is -2.42. The SMILES string of the molecule is COC1(CC(=O)Nc2n[nH]c(C)n2)CCC1. The third-order valence-corrected chi connectivity index (χ3v) is 3.03. The Labute approximate surface area is 93.8 Å². The summed E-state index contributed by atoms with van der Waals surface area (Å²) in [6.07, 6.45) is 3.39. The Morgan fingerprint density at radius 3 is 2.81 bits per heavy atom. The van der Waals surface area contributed by atoms with Gasteiger partial charge in [-0.3, -0.25) is 15.2 Å². The number of carbonyl (C=O) groups is 1. The molecular formula is C10H16N4O2. The second kappa shape index (κ2) is 4.21. The highest BCUT2D eigenvalue weighted by Gasteiger charge is 2.39. The zero-order valence-electron chi connectivity index (χ0n) is 9.54. The second-order valence-corrected chi connectivity index (χ2v) is 4.21. The van der Waals surface area contributed by atoms with Gasteiger partial charge in [0.15, 0.2) is 0 Å². The Morgan fingerprint density at radius 1 is 1.62 bits per heavy atom. The monoisotopic (exact) mass is 224 g/mol. The molecule has 1 heterocycles. The van der Waals surface area contributed by atoms with Crippen LogP contribution in [-0.4, -0.2) is 33.8 Å². The lowest BCUT2D eigenvalue weighted by Gasteiger charge is -2.39. The number of aryl methyl sites for hydroxylation is 1. The summed E-state index contributed by atoms with van der Waals surface area (Å²) in [5, 5.41) is 9.17. The summed E-state index contributed by atoms with van der Waals surface area (Å²) >= 11 is 0. The number of anilines is 1. The minimum absolute atomic E-state index is 0.0967. The van der Waals surface area contributed by atoms with E-state index in [1.54, 1.807) is 14.0 Å². The second-order valence-electron chi connectivity index (χ2n) is 4.21. The van der Waals surface area contributed by atoms with Crippen LogP contribution in [0.3, 0.4) is 0 Å². The molecule has 1 aliphatic rings. The number of rotatable bonds is 4. The first kappa shape index (κ1) is 11.1. The lowest BCUT2D eigenvalue weighted by molar-refractivity contribution is -0.129. The van der Waals surface area contributed by atoms with E-state index in [1.807, 2.05) is 0 Å². The van der Waals surface area contributed by atoms with Crippen molar-refractivity contribution in [1.82, 2.24) is 15.2 Å². The van der Waals surface area contributed by atoms with Crippen LogP contribution in [0.15, 0.2) is 0 Å². The molecule has 0 saturated heterocycles. The molecule has 88 valence electrons. The van der Waals surface area contributed by atoms with Gasteiger partial charge in [-0.15, -0.1) is 5.10 Å². The molecule has 6 heteroatoms. The van der Waals surface area contributed by atoms with E-state index >= 15 is 0 Å². The molecule has 1 aromatic rings. The van der Waals surface area contributed by atoms with Crippen molar-refractivity contribution >= 4 is 11.9 Å². The number of amides is 1. The van der Waals surface area contributed by atoms with Crippen molar-refractivity contribution < 1.29 is 9.53 Å². The van der Waals surface area contributed by atoms with Crippen molar-refractivity contribution in [1.29, 1.82) is 0 Å². The van der Waals surface area contributed by atoms with Crippen LogP contribution in [0.25, 0.3) is 0 Å². The van der Waals surface area contributed by atoms with Crippen LogP contribution in [0.5, 0.6) is 0 Å². The van der Waals surface area contributed by atoms with E-state index in [0.717, 1.165) is 19.3 Å². The Balaban J connectivity index is 1.89. The fourth-order valence-corrected chi connectivity index (χ4v) is 1.88. The Hall–Kier alpha value is -1.43. The first-order valence-corrected chi connectivity index (χ1v) is 5.38. The molecule has 1 aliphatic carbocycles. The number of hydrogen-bond donors (Lipinski definition) is 2. The van der Waals surface area contributed by atoms with Crippen molar-refractivity contribution in [3.63, 3.8) is 0 Å². The summed E-state index contributed by atoms with van der Waals surface area (Å²) in [4.78, 5) is 15.7. The van der Waals surface area contributed by atoms with Gasteiger partial charge in [-0.2, -0.15) is 4.98 Å². The number of H-pyrrole nitrogens is 1. The Kier molecular flexibility index (Phi) is 2.91. The van der Waals surface area contributed by atoms with E-state index in [0.29, 0.717) is 18.2 Å². The molecule has 0 spiro atoms. The number of hydrogen-bond acceptors (Lipinski definition) is 4. The highest BCUT2D eigenvalue weighted by Crippen LogP contribution is 2.38. The fourth-order valence-electron chi connectivity index (χ4n) is 1.88. The molecule has 2 rings (SSSR count). The number of aromatic amines is 1. The van der Waals surface area contributed by atoms with Gasteiger partial charge in [0.05, 0.1) is 12.0 Å². The molecule has 6 nitrogen and oxygen atoms in total. The minimum atomic E-state index is -0.255. The molecule has 1 fully saturated rings. The maximum absolute atomic E-state index is 11.7. The number of ether oxygens (including phenoxy) is 1. The third kappa shape index (κ3) is 2.21. The summed E-state index contributed by atoms with van der Waals surface area (Å²) in [5.41, 5.74) is -0.255. The maximum Gasteiger partial charge on any atom is 0.248 e. The number of carbonyl (C=O) groups excluding carboxylic acids is 1. The predicted octanol–water partition coefficient (Wildman–Crippen LogP) is 1.01. The topological polar surface area (TPSA) is 79.9 Å². The molecule has 0 atom stereocenters. The van der Waals surface area contributed by atoms with Gasteiger partial charge in [0.1, 0.15) is 5.82 Å². The lowest BCUT2D eigenvalue weighted by atomic mass is 9.77. The first-order chi connectivity index (χ1) is 7.63. The quantitative estimate of drug-likeness (QED) is 0.800. The molecule has 0 aromatic carbocycles. The number of nitrogens with zero attached hydrogens (tertiary/aromatic N) is 2. The zero-order chi connectivity index (χ0) is 11.6. The van der Waals surface area contributed by atoms with Gasteiger partial charge in [0.2, 0.25) is 11.9 Å². The van der Waals surface area contributed by atoms with E-state index < -0.39 is 0 Å². The minimum Gasteiger partial charge on any atom is -0.378 e. The van der Waals surface area contributed by atoms with Crippen molar-refractivity contribution in [3.05, 3.63) is 5.82 Å². The predicted molar refractivity (Wildman–Crippen MR) is 58.0 cm³/mol. The maximum atomic E-state index is 11.7. The normalized spacial score (nSPS) is 17.9. The standard InChI is InChI=1S/C10H16N4O2/c1-7-11-9(14-13-7)12-8(15)6-10(16-2)4-3-5-10/h3-6H2,1-2H3,(H2,11,12,13,14,15). The molecule has 0 radical (unpaired) electrons. The molecule has 0 bridgehead atoms. The van der Waals surface area contributed by atoms with Gasteiger partial charge >= 0.3 is 0 Å². The first-order valence-electron chi connectivity index (χ1n) is 5.38. The molecule has 1 amide bonds. The number of nitrogens with one attached hydrogen (secondary N) is 2. The smallest absolute Gasteiger partial charge is 0.248 e. The van der Waals surface area contributed by atoms with Crippen LogP contribution in [-0.2, 0) is 9.53 Å². The van der Waals surface area contributed by atoms with E-state index in [4.69, 9.17) is 4.74 Å². The van der Waals surface area contributed by atoms with Crippen LogP contribution < -0.4 is 5.32 Å². The van der Waals surface area contributed by atoms with Gasteiger partial charge in [-0.05, 0) is 26.2 Å². The zero-order valence-corrected chi connectivity index (χ0v) is 9.54. The van der Waals surface area contributed by atoms with Crippen molar-refractivity contribution in [3.8, 4) is 0 Å². The van der Waals surface area contributed by atoms with Crippen LogP contribution in [0, 0.1) is 6.92 Å². The Bertz CT molecular complexity index is 378. The van der Waals surface area contributed by atoms with Crippen LogP contribution in [0.4, 0.5) is 5.95 Å². The highest BCUT2D eigenvalue weighted by molar-refractivity contribution is 5.89. The van der Waals surface area contributed by atoms with Crippen molar-refractivity contribution in [2.24, 2.45) is 0 Å². The molecular weight excluding hydrogens is 208 g/mol. The number of aromatic nitrogens is 3. The van der Waals surface area contributed by atoms with E-state index in [2.05, 4.69) is 20.5 Å². The number of methoxy groups -OCH3 is 1. The van der Waals surface area contributed by atoms with Gasteiger partial charge in [0.25, 0.3) is 0 Å². The van der Waals surface area contributed by atoms with Gasteiger partial charge in [-0.25, -0.2) is 0 Å². The van der Waals surface area contributed by atoms with E-state index in [-0.39, 0.29) is 11.5 Å². The molecule has 0 unspecified atom stereocenters. The fraction of sp³-hybridized carbons (Fsp3) is 0.700. The summed E-state index contributed by atoms with van der Waals surface area (Å²) in [6, 6.07) is 0. The summed E-state index contributed by atoms with van der Waals surface area (Å²) < 4.78 is 5.38. The average Bonchev–Trinajstić information content (AvgIpc) is 2.57. The van der Waals surface area contributed by atoms with Crippen LogP contribution in [0.2, 0.25) is 0 Å². The average molecular weight is 224 g/mol. The molecule has 1 aromatic heterocycles. The molecule has 0 aliphatic heterocycles. The summed E-state index contributed by atoms with van der Waals surface area (Å²) in [5.74, 6) is 0.911. The molecule has 16 heavy (non-hydrogen) atoms. The van der Waals surface area contributed by atoms with E-state index in [9.17, 15) is 4.79 Å². The van der Waals surface area contributed by atoms with Gasteiger partial charge in [0, 0.05) is 7.11 Å². The van der Waals surface area contributed by atoms with E-state index in [1.165, 1.54) is 0 Å². The van der Waals surface area contributed by atoms with Crippen molar-refractivity contribution in [2.75, 3.05) is 12.4 Å². The molecule has 2 N–H and O–H groups in total. The van der Waals surface area contributed by atoms with Crippen LogP contribution in [0.1, 0.15) is 31.5 Å². The summed E-state index contributed by atoms with van der Waals surface area (Å²) in [7, 11) is 1.66. The third-order valence-electron chi connectivity index (χ3n) is 3.03.